The third kappa shape index (κ3) is 1.33. The molecule has 0 radical (unpaired) electrons. The van der Waals surface area contributed by atoms with Crippen molar-refractivity contribution < 1.29 is 4.79 Å². The normalized spacial score (nSPS) is 24.6. The summed E-state index contributed by atoms with van der Waals surface area (Å²) in [4.78, 5) is 11.5. The monoisotopic (exact) mass is 143 g/mol. The quantitative estimate of drug-likeness (QED) is 0.306. The minimum Gasteiger partial charge on any atom is -0.301 e. The zero-order valence-corrected chi connectivity index (χ0v) is 5.45. The first-order chi connectivity index (χ1) is 4.34. The van der Waals surface area contributed by atoms with Crippen LogP contribution in [0.4, 0.5) is 0 Å². The first-order valence-electron chi connectivity index (χ1n) is 2.56. The van der Waals surface area contributed by atoms with Gasteiger partial charge < -0.3 is 4.90 Å². The van der Waals surface area contributed by atoms with Crippen molar-refractivity contribution in [1.82, 2.24) is 4.90 Å². The lowest BCUT2D eigenvalue weighted by Crippen LogP contribution is -2.23. The smallest absolute Gasteiger partial charge is 0.215 e. The molecule has 2 nitrogen and oxygen atoms in total. The van der Waals surface area contributed by atoms with E-state index in [0.29, 0.717) is 6.41 Å². The Labute approximate surface area is 58.4 Å². The zero-order valence-electron chi connectivity index (χ0n) is 4.70. The summed E-state index contributed by atoms with van der Waals surface area (Å²) < 4.78 is 0. The molecular weight excluding hydrogens is 138 g/mol. The van der Waals surface area contributed by atoms with Gasteiger partial charge in [-0.1, -0.05) is 17.7 Å². The molecule has 0 aliphatic carbocycles. The summed E-state index contributed by atoms with van der Waals surface area (Å²) in [7, 11) is 0. The Balaban J connectivity index is 2.65. The van der Waals surface area contributed by atoms with Gasteiger partial charge in [-0.05, 0) is 12.2 Å². The van der Waals surface area contributed by atoms with E-state index in [0.717, 1.165) is 0 Å². The van der Waals surface area contributed by atoms with Gasteiger partial charge >= 0.3 is 0 Å². The van der Waals surface area contributed by atoms with Gasteiger partial charge in [0.1, 0.15) is 5.50 Å². The van der Waals surface area contributed by atoms with E-state index in [2.05, 4.69) is 0 Å². The third-order valence-corrected chi connectivity index (χ3v) is 1.42. The fourth-order valence-corrected chi connectivity index (χ4v) is 0.775. The van der Waals surface area contributed by atoms with Crippen molar-refractivity contribution in [2.24, 2.45) is 0 Å². The maximum atomic E-state index is 10.1. The molecule has 0 bridgehead atoms. The first-order valence-corrected chi connectivity index (χ1v) is 3.00. The molecule has 0 aromatic rings. The molecule has 1 unspecified atom stereocenters. The van der Waals surface area contributed by atoms with Crippen LogP contribution in [0.25, 0.3) is 0 Å². The van der Waals surface area contributed by atoms with Crippen molar-refractivity contribution in [3.8, 4) is 0 Å². The van der Waals surface area contributed by atoms with E-state index < -0.39 is 0 Å². The Morgan fingerprint density at radius 1 is 1.56 bits per heavy atom. The fourth-order valence-electron chi connectivity index (χ4n) is 0.580. The van der Waals surface area contributed by atoms with Crippen LogP contribution < -0.4 is 0 Å². The number of halogens is 1. The summed E-state index contributed by atoms with van der Waals surface area (Å²) >= 11 is 5.64. The number of hydrogen-bond donors (Lipinski definition) is 0. The Morgan fingerprint density at radius 2 is 2.33 bits per heavy atom. The average Bonchev–Trinajstić information content (AvgIpc) is 1.89. The van der Waals surface area contributed by atoms with Gasteiger partial charge in [0.05, 0.1) is 0 Å². The van der Waals surface area contributed by atoms with Gasteiger partial charge in [-0.3, -0.25) is 4.79 Å². The molecule has 9 heavy (non-hydrogen) atoms. The molecule has 48 valence electrons. The van der Waals surface area contributed by atoms with Crippen LogP contribution in [0.3, 0.4) is 0 Å². The Kier molecular flexibility index (Phi) is 1.90. The van der Waals surface area contributed by atoms with Crippen LogP contribution in [0.15, 0.2) is 24.4 Å². The van der Waals surface area contributed by atoms with Crippen LogP contribution in [0.5, 0.6) is 0 Å². The van der Waals surface area contributed by atoms with Crippen molar-refractivity contribution in [2.75, 3.05) is 0 Å². The lowest BCUT2D eigenvalue weighted by Gasteiger charge is -2.17. The molecule has 0 saturated carbocycles. The summed E-state index contributed by atoms with van der Waals surface area (Å²) in [6, 6.07) is 0. The molecule has 0 fully saturated rings. The summed E-state index contributed by atoms with van der Waals surface area (Å²) in [6.45, 7) is 0. The minimum atomic E-state index is -0.312. The largest absolute Gasteiger partial charge is 0.301 e. The molecule has 0 saturated heterocycles. The summed E-state index contributed by atoms with van der Waals surface area (Å²) in [6.07, 6.45) is 7.61. The second kappa shape index (κ2) is 2.69. The lowest BCUT2D eigenvalue weighted by atomic mass is 10.4. The van der Waals surface area contributed by atoms with E-state index in [9.17, 15) is 4.79 Å². The zero-order chi connectivity index (χ0) is 6.69. The van der Waals surface area contributed by atoms with Gasteiger partial charge in [-0.15, -0.1) is 0 Å². The van der Waals surface area contributed by atoms with Crippen LogP contribution in [0, 0.1) is 0 Å². The number of carbonyl (C=O) groups is 1. The summed E-state index contributed by atoms with van der Waals surface area (Å²) in [5.74, 6) is 0. The lowest BCUT2D eigenvalue weighted by molar-refractivity contribution is -0.116. The predicted octanol–water partition coefficient (Wildman–Crippen LogP) is 1.09. The van der Waals surface area contributed by atoms with Crippen LogP contribution in [0.1, 0.15) is 0 Å². The Bertz CT molecular complexity index is 164. The standard InChI is InChI=1S/C6H6ClNO/c7-6-3-1-2-4-8(6)5-9/h1-6H. The summed E-state index contributed by atoms with van der Waals surface area (Å²) in [5.41, 5.74) is -0.312. The fraction of sp³-hybridized carbons (Fsp3) is 0.167. The van der Waals surface area contributed by atoms with Gasteiger partial charge in [0.15, 0.2) is 0 Å². The average molecular weight is 144 g/mol. The topological polar surface area (TPSA) is 20.3 Å². The minimum absolute atomic E-state index is 0.312. The van der Waals surface area contributed by atoms with E-state index in [4.69, 9.17) is 11.6 Å². The second-order valence-corrected chi connectivity index (χ2v) is 2.10. The maximum Gasteiger partial charge on any atom is 0.215 e. The molecule has 1 aliphatic heterocycles. The van der Waals surface area contributed by atoms with E-state index in [1.54, 1.807) is 24.4 Å². The van der Waals surface area contributed by atoms with Gasteiger partial charge in [0.25, 0.3) is 0 Å². The number of carbonyl (C=O) groups excluding carboxylic acids is 1. The summed E-state index contributed by atoms with van der Waals surface area (Å²) in [5, 5.41) is 0. The SMILES string of the molecule is O=CN1C=CC=CC1Cl. The third-order valence-electron chi connectivity index (χ3n) is 1.05. The number of alkyl halides is 1. The molecule has 1 aliphatic rings. The number of allylic oxidation sites excluding steroid dienone is 2. The number of hydrogen-bond acceptors (Lipinski definition) is 1. The van der Waals surface area contributed by atoms with Crippen molar-refractivity contribution in [2.45, 2.75) is 5.50 Å². The molecule has 3 heteroatoms. The van der Waals surface area contributed by atoms with Crippen LogP contribution in [-0.2, 0) is 4.79 Å². The molecule has 0 aromatic carbocycles. The molecule has 1 heterocycles. The van der Waals surface area contributed by atoms with Crippen molar-refractivity contribution >= 4 is 18.0 Å². The van der Waals surface area contributed by atoms with E-state index in [-0.39, 0.29) is 5.50 Å². The van der Waals surface area contributed by atoms with Crippen LogP contribution in [-0.4, -0.2) is 16.8 Å². The molecule has 0 N–H and O–H groups in total. The van der Waals surface area contributed by atoms with Crippen LogP contribution >= 0.6 is 11.6 Å². The molecule has 1 atom stereocenters. The van der Waals surface area contributed by atoms with E-state index in [1.165, 1.54) is 4.90 Å². The highest BCUT2D eigenvalue weighted by Gasteiger charge is 2.07. The highest BCUT2D eigenvalue weighted by Crippen LogP contribution is 2.08. The van der Waals surface area contributed by atoms with Gasteiger partial charge in [-0.2, -0.15) is 0 Å². The first kappa shape index (κ1) is 6.36. The molecule has 0 aromatic heterocycles. The molecule has 1 rings (SSSR count). The second-order valence-electron chi connectivity index (χ2n) is 1.65. The highest BCUT2D eigenvalue weighted by molar-refractivity contribution is 6.22. The molecular formula is C6H6ClNO. The highest BCUT2D eigenvalue weighted by atomic mass is 35.5. The predicted molar refractivity (Wildman–Crippen MR) is 35.8 cm³/mol. The van der Waals surface area contributed by atoms with Gasteiger partial charge in [-0.25, -0.2) is 0 Å². The van der Waals surface area contributed by atoms with Crippen molar-refractivity contribution in [3.05, 3.63) is 24.4 Å². The van der Waals surface area contributed by atoms with Gasteiger partial charge in [0, 0.05) is 6.20 Å². The Morgan fingerprint density at radius 3 is 2.78 bits per heavy atom. The molecule has 0 spiro atoms. The van der Waals surface area contributed by atoms with E-state index >= 15 is 0 Å². The number of amides is 1. The van der Waals surface area contributed by atoms with Crippen molar-refractivity contribution in [1.29, 1.82) is 0 Å². The number of rotatable bonds is 1. The van der Waals surface area contributed by atoms with Crippen molar-refractivity contribution in [3.63, 3.8) is 0 Å². The Hall–Kier alpha value is -0.760. The maximum absolute atomic E-state index is 10.1. The number of nitrogens with zero attached hydrogens (tertiary/aromatic N) is 1. The van der Waals surface area contributed by atoms with Crippen LogP contribution in [0.2, 0.25) is 0 Å². The van der Waals surface area contributed by atoms with E-state index in [1.807, 2.05) is 0 Å². The molecule has 1 amide bonds. The van der Waals surface area contributed by atoms with Gasteiger partial charge in [0.2, 0.25) is 6.41 Å².